The first-order valence-electron chi connectivity index (χ1n) is 6.76. The molecule has 1 atom stereocenters. The van der Waals surface area contributed by atoms with Crippen LogP contribution in [0.5, 0.6) is 11.5 Å². The van der Waals surface area contributed by atoms with E-state index in [1.165, 1.54) is 0 Å². The third-order valence-corrected chi connectivity index (χ3v) is 3.76. The van der Waals surface area contributed by atoms with Gasteiger partial charge in [-0.25, -0.2) is 0 Å². The van der Waals surface area contributed by atoms with Gasteiger partial charge in [0, 0.05) is 4.88 Å². The first kappa shape index (κ1) is 15.4. The molecule has 2 aromatic rings. The number of hydrogen-bond acceptors (Lipinski definition) is 4. The molecule has 1 aromatic carbocycles. The van der Waals surface area contributed by atoms with Crippen molar-refractivity contribution in [2.45, 2.75) is 19.4 Å². The van der Waals surface area contributed by atoms with E-state index in [1.54, 1.807) is 18.4 Å². The van der Waals surface area contributed by atoms with Gasteiger partial charge in [0.2, 0.25) is 5.91 Å². The maximum absolute atomic E-state index is 11.9. The molecule has 0 aliphatic carbocycles. The van der Waals surface area contributed by atoms with E-state index in [0.29, 0.717) is 24.5 Å². The van der Waals surface area contributed by atoms with Gasteiger partial charge in [-0.1, -0.05) is 18.2 Å². The molecule has 1 unspecified atom stereocenters. The topological polar surface area (TPSA) is 47.6 Å². The lowest BCUT2D eigenvalue weighted by Gasteiger charge is -2.16. The molecule has 112 valence electrons. The van der Waals surface area contributed by atoms with Crippen molar-refractivity contribution in [3.05, 3.63) is 46.7 Å². The van der Waals surface area contributed by atoms with Gasteiger partial charge in [-0.05, 0) is 30.5 Å². The van der Waals surface area contributed by atoms with Crippen molar-refractivity contribution in [1.29, 1.82) is 0 Å². The SMILES string of the molecule is COc1ccccc1OCC(C)NC(=O)Cc1cccs1. The van der Waals surface area contributed by atoms with E-state index in [2.05, 4.69) is 5.32 Å². The smallest absolute Gasteiger partial charge is 0.225 e. The van der Waals surface area contributed by atoms with Crippen LogP contribution in [0.2, 0.25) is 0 Å². The molecule has 0 fully saturated rings. The highest BCUT2D eigenvalue weighted by Crippen LogP contribution is 2.25. The normalized spacial score (nSPS) is 11.7. The number of carbonyl (C=O) groups excluding carboxylic acids is 1. The summed E-state index contributed by atoms with van der Waals surface area (Å²) in [6.45, 7) is 2.32. The van der Waals surface area contributed by atoms with Crippen molar-refractivity contribution in [3.8, 4) is 11.5 Å². The molecular formula is C16H19NO3S. The lowest BCUT2D eigenvalue weighted by molar-refractivity contribution is -0.121. The number of nitrogens with one attached hydrogen (secondary N) is 1. The van der Waals surface area contributed by atoms with E-state index in [0.717, 1.165) is 4.88 Å². The third-order valence-electron chi connectivity index (χ3n) is 2.88. The van der Waals surface area contributed by atoms with Crippen LogP contribution in [0.15, 0.2) is 41.8 Å². The summed E-state index contributed by atoms with van der Waals surface area (Å²) in [7, 11) is 1.61. The maximum atomic E-state index is 11.9. The number of carbonyl (C=O) groups is 1. The van der Waals surface area contributed by atoms with E-state index >= 15 is 0 Å². The van der Waals surface area contributed by atoms with E-state index in [4.69, 9.17) is 9.47 Å². The van der Waals surface area contributed by atoms with Crippen molar-refractivity contribution in [1.82, 2.24) is 5.32 Å². The van der Waals surface area contributed by atoms with Gasteiger partial charge in [-0.2, -0.15) is 0 Å². The van der Waals surface area contributed by atoms with Crippen LogP contribution in [-0.4, -0.2) is 25.7 Å². The van der Waals surface area contributed by atoms with Crippen molar-refractivity contribution in [2.24, 2.45) is 0 Å². The Morgan fingerprint density at radius 1 is 1.24 bits per heavy atom. The van der Waals surface area contributed by atoms with Gasteiger partial charge in [0.25, 0.3) is 0 Å². The molecule has 2 rings (SSSR count). The molecule has 0 aliphatic rings. The Labute approximate surface area is 128 Å². The molecule has 0 aliphatic heterocycles. The zero-order chi connectivity index (χ0) is 15.1. The second-order valence-electron chi connectivity index (χ2n) is 4.69. The number of hydrogen-bond donors (Lipinski definition) is 1. The number of thiophene rings is 1. The van der Waals surface area contributed by atoms with E-state index < -0.39 is 0 Å². The van der Waals surface area contributed by atoms with Crippen molar-refractivity contribution in [2.75, 3.05) is 13.7 Å². The summed E-state index contributed by atoms with van der Waals surface area (Å²) >= 11 is 1.58. The van der Waals surface area contributed by atoms with Crippen molar-refractivity contribution >= 4 is 17.2 Å². The molecule has 0 saturated carbocycles. The second kappa shape index (κ2) is 7.69. The van der Waals surface area contributed by atoms with Gasteiger partial charge in [0.05, 0.1) is 19.6 Å². The maximum Gasteiger partial charge on any atom is 0.225 e. The molecule has 0 spiro atoms. The van der Waals surface area contributed by atoms with Crippen molar-refractivity contribution < 1.29 is 14.3 Å². The van der Waals surface area contributed by atoms with Gasteiger partial charge < -0.3 is 14.8 Å². The molecule has 1 amide bonds. The molecule has 0 bridgehead atoms. The van der Waals surface area contributed by atoms with Crippen LogP contribution in [0, 0.1) is 0 Å². The van der Waals surface area contributed by atoms with E-state index in [1.807, 2.05) is 48.7 Å². The Bertz CT molecular complexity index is 569. The Morgan fingerprint density at radius 2 is 2.00 bits per heavy atom. The molecular weight excluding hydrogens is 286 g/mol. The fourth-order valence-corrected chi connectivity index (χ4v) is 2.60. The number of ether oxygens (including phenoxy) is 2. The van der Waals surface area contributed by atoms with Crippen LogP contribution in [0.25, 0.3) is 0 Å². The highest BCUT2D eigenvalue weighted by Gasteiger charge is 2.10. The van der Waals surface area contributed by atoms with Crippen LogP contribution in [0.3, 0.4) is 0 Å². The van der Waals surface area contributed by atoms with Crippen LogP contribution in [0.4, 0.5) is 0 Å². The van der Waals surface area contributed by atoms with Crippen molar-refractivity contribution in [3.63, 3.8) is 0 Å². The standard InChI is InChI=1S/C16H19NO3S/c1-12(17-16(18)10-13-6-5-9-21-13)11-20-15-8-4-3-7-14(15)19-2/h3-9,12H,10-11H2,1-2H3,(H,17,18). The highest BCUT2D eigenvalue weighted by atomic mass is 32.1. The first-order chi connectivity index (χ1) is 10.2. The minimum absolute atomic E-state index is 0.00794. The number of benzene rings is 1. The largest absolute Gasteiger partial charge is 0.493 e. The molecule has 0 radical (unpaired) electrons. The minimum atomic E-state index is -0.0672. The molecule has 5 heteroatoms. The van der Waals surface area contributed by atoms with Gasteiger partial charge >= 0.3 is 0 Å². The van der Waals surface area contributed by atoms with Gasteiger partial charge in [-0.3, -0.25) is 4.79 Å². The van der Waals surface area contributed by atoms with E-state index in [-0.39, 0.29) is 11.9 Å². The predicted molar refractivity (Wildman–Crippen MR) is 84.1 cm³/mol. The number of rotatable bonds is 7. The van der Waals surface area contributed by atoms with Crippen LogP contribution in [0.1, 0.15) is 11.8 Å². The zero-order valence-corrected chi connectivity index (χ0v) is 13.0. The summed E-state index contributed by atoms with van der Waals surface area (Å²) in [5.74, 6) is 1.38. The lowest BCUT2D eigenvalue weighted by Crippen LogP contribution is -2.37. The highest BCUT2D eigenvalue weighted by molar-refractivity contribution is 7.10. The minimum Gasteiger partial charge on any atom is -0.493 e. The van der Waals surface area contributed by atoms with Gasteiger partial charge in [0.1, 0.15) is 6.61 Å². The Hall–Kier alpha value is -2.01. The quantitative estimate of drug-likeness (QED) is 0.855. The predicted octanol–water partition coefficient (Wildman–Crippen LogP) is 2.88. The molecule has 0 saturated heterocycles. The van der Waals surface area contributed by atoms with Crippen LogP contribution >= 0.6 is 11.3 Å². The average Bonchev–Trinajstić information content (AvgIpc) is 2.98. The summed E-state index contributed by atoms with van der Waals surface area (Å²) in [5, 5.41) is 4.90. The van der Waals surface area contributed by atoms with Gasteiger partial charge in [0.15, 0.2) is 11.5 Å². The molecule has 4 nitrogen and oxygen atoms in total. The second-order valence-corrected chi connectivity index (χ2v) is 5.72. The summed E-state index contributed by atoms with van der Waals surface area (Å²) in [5.41, 5.74) is 0. The average molecular weight is 305 g/mol. The summed E-state index contributed by atoms with van der Waals surface area (Å²) in [4.78, 5) is 12.9. The lowest BCUT2D eigenvalue weighted by atomic mass is 10.3. The van der Waals surface area contributed by atoms with Crippen LogP contribution in [-0.2, 0) is 11.2 Å². The summed E-state index contributed by atoms with van der Waals surface area (Å²) < 4.78 is 10.9. The Balaban J connectivity index is 1.79. The molecule has 1 heterocycles. The fraction of sp³-hybridized carbons (Fsp3) is 0.312. The van der Waals surface area contributed by atoms with Crippen LogP contribution < -0.4 is 14.8 Å². The monoisotopic (exact) mass is 305 g/mol. The van der Waals surface area contributed by atoms with E-state index in [9.17, 15) is 4.79 Å². The zero-order valence-electron chi connectivity index (χ0n) is 12.2. The Kier molecular flexibility index (Phi) is 5.63. The molecule has 21 heavy (non-hydrogen) atoms. The molecule has 1 aromatic heterocycles. The Morgan fingerprint density at radius 3 is 2.67 bits per heavy atom. The number of amides is 1. The number of para-hydroxylation sites is 2. The van der Waals surface area contributed by atoms with Gasteiger partial charge in [-0.15, -0.1) is 11.3 Å². The first-order valence-corrected chi connectivity index (χ1v) is 7.64. The molecule has 1 N–H and O–H groups in total. The fourth-order valence-electron chi connectivity index (χ4n) is 1.89. The summed E-state index contributed by atoms with van der Waals surface area (Å²) in [6, 6.07) is 11.3. The third kappa shape index (κ3) is 4.79. The number of methoxy groups -OCH3 is 1. The summed E-state index contributed by atoms with van der Waals surface area (Å²) in [6.07, 6.45) is 0.413.